The summed E-state index contributed by atoms with van der Waals surface area (Å²) in [5.41, 5.74) is 8.68. The molecule has 2 N–H and O–H groups in total. The fourth-order valence-corrected chi connectivity index (χ4v) is 4.98. The Morgan fingerprint density at radius 3 is 3.00 bits per heavy atom. The second-order valence-corrected chi connectivity index (χ2v) is 8.29. The van der Waals surface area contributed by atoms with Crippen LogP contribution in [0.5, 0.6) is 5.75 Å². The van der Waals surface area contributed by atoms with Crippen molar-refractivity contribution in [3.63, 3.8) is 0 Å². The van der Waals surface area contributed by atoms with E-state index in [9.17, 15) is 9.59 Å². The fraction of sp³-hybridized carbons (Fsp3) is 0.240. The second kappa shape index (κ2) is 7.09. The van der Waals surface area contributed by atoms with E-state index in [4.69, 9.17) is 9.72 Å². The van der Waals surface area contributed by atoms with Crippen LogP contribution in [0.3, 0.4) is 0 Å². The van der Waals surface area contributed by atoms with Crippen LogP contribution >= 0.6 is 0 Å². The maximum Gasteiger partial charge on any atom is 0.253 e. The first kappa shape index (κ1) is 18.9. The zero-order valence-electron chi connectivity index (χ0n) is 17.5. The number of aromatic amines is 1. The molecule has 2 amide bonds. The van der Waals surface area contributed by atoms with E-state index in [1.165, 1.54) is 11.6 Å². The third-order valence-electron chi connectivity index (χ3n) is 6.53. The molecule has 160 valence electrons. The molecule has 3 aliphatic rings. The minimum atomic E-state index is -0.148. The number of carbonyl (C=O) groups is 2. The maximum atomic E-state index is 12.5. The van der Waals surface area contributed by atoms with Crippen LogP contribution in [-0.4, -0.2) is 41.5 Å². The molecular weight excluding hydrogens is 404 g/mol. The molecule has 2 aromatic heterocycles. The van der Waals surface area contributed by atoms with Gasteiger partial charge in [0.25, 0.3) is 11.8 Å². The van der Waals surface area contributed by atoms with Crippen LogP contribution in [0.2, 0.25) is 0 Å². The van der Waals surface area contributed by atoms with Crippen molar-refractivity contribution in [2.75, 3.05) is 24.6 Å². The Kier molecular flexibility index (Phi) is 4.18. The van der Waals surface area contributed by atoms with Crippen LogP contribution in [0.4, 0.5) is 5.69 Å². The minimum absolute atomic E-state index is 0.0168. The van der Waals surface area contributed by atoms with Crippen LogP contribution in [0.15, 0.2) is 43.1 Å². The van der Waals surface area contributed by atoms with Crippen LogP contribution in [0, 0.1) is 0 Å². The van der Waals surface area contributed by atoms with Crippen molar-refractivity contribution in [2.45, 2.75) is 19.3 Å². The first-order valence-corrected chi connectivity index (χ1v) is 10.9. The molecule has 0 spiro atoms. The number of anilines is 1. The zero-order chi connectivity index (χ0) is 21.8. The summed E-state index contributed by atoms with van der Waals surface area (Å²) in [6.07, 6.45) is 5.75. The zero-order valence-corrected chi connectivity index (χ0v) is 17.5. The number of hydrogen-bond donors (Lipinski definition) is 2. The van der Waals surface area contributed by atoms with Gasteiger partial charge < -0.3 is 19.9 Å². The van der Waals surface area contributed by atoms with Gasteiger partial charge in [0, 0.05) is 36.0 Å². The monoisotopic (exact) mass is 426 g/mol. The third-order valence-corrected chi connectivity index (χ3v) is 6.53. The Morgan fingerprint density at radius 1 is 1.22 bits per heavy atom. The van der Waals surface area contributed by atoms with Gasteiger partial charge in [-0.2, -0.15) is 0 Å². The number of ether oxygens (including phenoxy) is 1. The smallest absolute Gasteiger partial charge is 0.253 e. The SMILES string of the molecule is C=CC(=O)N1CCOc2ccc(-c3cc4c(cn3)CCc3c-4[nH]c4c3C(=O)NCC4)cc21. The number of amides is 2. The molecule has 0 unspecified atom stereocenters. The summed E-state index contributed by atoms with van der Waals surface area (Å²) >= 11 is 0. The van der Waals surface area contributed by atoms with Gasteiger partial charge in [-0.05, 0) is 54.3 Å². The second-order valence-electron chi connectivity index (χ2n) is 8.29. The molecule has 0 fully saturated rings. The lowest BCUT2D eigenvalue weighted by atomic mass is 9.88. The summed E-state index contributed by atoms with van der Waals surface area (Å²) in [5, 5.41) is 2.96. The first-order chi connectivity index (χ1) is 15.6. The van der Waals surface area contributed by atoms with Crippen LogP contribution in [0.25, 0.3) is 22.5 Å². The molecule has 4 heterocycles. The molecule has 6 rings (SSSR count). The number of aryl methyl sites for hydroxylation is 1. The summed E-state index contributed by atoms with van der Waals surface area (Å²) in [6.45, 7) is 5.22. The Hall–Kier alpha value is -3.87. The van der Waals surface area contributed by atoms with Gasteiger partial charge in [-0.25, -0.2) is 0 Å². The quantitative estimate of drug-likeness (QED) is 0.617. The summed E-state index contributed by atoms with van der Waals surface area (Å²) in [7, 11) is 0. The number of carbonyl (C=O) groups excluding carboxylic acids is 2. The lowest BCUT2D eigenvalue weighted by Crippen LogP contribution is -2.36. The summed E-state index contributed by atoms with van der Waals surface area (Å²) < 4.78 is 5.74. The molecule has 0 saturated carbocycles. The van der Waals surface area contributed by atoms with Crippen molar-refractivity contribution in [2.24, 2.45) is 0 Å². The van der Waals surface area contributed by atoms with Gasteiger partial charge in [-0.3, -0.25) is 14.6 Å². The summed E-state index contributed by atoms with van der Waals surface area (Å²) in [5.74, 6) is 0.548. The van der Waals surface area contributed by atoms with E-state index in [1.807, 2.05) is 24.4 Å². The molecule has 0 atom stereocenters. The minimum Gasteiger partial charge on any atom is -0.490 e. The Bertz CT molecular complexity index is 1310. The van der Waals surface area contributed by atoms with Crippen LogP contribution in [-0.2, 0) is 24.1 Å². The van der Waals surface area contributed by atoms with Gasteiger partial charge in [-0.1, -0.05) is 6.58 Å². The third kappa shape index (κ3) is 2.77. The molecule has 0 saturated heterocycles. The largest absolute Gasteiger partial charge is 0.490 e. The van der Waals surface area contributed by atoms with E-state index in [0.717, 1.165) is 64.3 Å². The van der Waals surface area contributed by atoms with Gasteiger partial charge in [0.2, 0.25) is 0 Å². The molecule has 1 aromatic carbocycles. The first-order valence-electron chi connectivity index (χ1n) is 10.9. The van der Waals surface area contributed by atoms with Gasteiger partial charge in [0.1, 0.15) is 12.4 Å². The molecule has 1 aliphatic carbocycles. The molecule has 0 bridgehead atoms. The average Bonchev–Trinajstić information content (AvgIpc) is 3.23. The van der Waals surface area contributed by atoms with Gasteiger partial charge in [0.15, 0.2) is 0 Å². The highest BCUT2D eigenvalue weighted by Crippen LogP contribution is 2.40. The highest BCUT2D eigenvalue weighted by atomic mass is 16.5. The number of pyridine rings is 1. The predicted molar refractivity (Wildman–Crippen MR) is 121 cm³/mol. The van der Waals surface area contributed by atoms with Gasteiger partial charge >= 0.3 is 0 Å². The van der Waals surface area contributed by atoms with Gasteiger partial charge in [0.05, 0.1) is 29.2 Å². The maximum absolute atomic E-state index is 12.5. The van der Waals surface area contributed by atoms with Crippen molar-refractivity contribution in [3.8, 4) is 28.3 Å². The molecule has 2 aliphatic heterocycles. The van der Waals surface area contributed by atoms with Crippen molar-refractivity contribution in [3.05, 3.63) is 65.5 Å². The molecule has 0 radical (unpaired) electrons. The Labute approximate surface area is 185 Å². The van der Waals surface area contributed by atoms with Crippen LogP contribution in [0.1, 0.15) is 27.2 Å². The molecule has 32 heavy (non-hydrogen) atoms. The summed E-state index contributed by atoms with van der Waals surface area (Å²) in [4.78, 5) is 34.7. The predicted octanol–water partition coefficient (Wildman–Crippen LogP) is 3.04. The number of fused-ring (bicyclic) bond motifs is 6. The topological polar surface area (TPSA) is 87.3 Å². The van der Waals surface area contributed by atoms with E-state index in [1.54, 1.807) is 4.90 Å². The van der Waals surface area contributed by atoms with Gasteiger partial charge in [-0.15, -0.1) is 0 Å². The van der Waals surface area contributed by atoms with E-state index in [0.29, 0.717) is 25.4 Å². The van der Waals surface area contributed by atoms with E-state index < -0.39 is 0 Å². The van der Waals surface area contributed by atoms with Crippen molar-refractivity contribution in [1.82, 2.24) is 15.3 Å². The number of aromatic nitrogens is 2. The van der Waals surface area contributed by atoms with Crippen molar-refractivity contribution < 1.29 is 14.3 Å². The standard InChI is InChI=1S/C25H22N4O3/c1-2-22(30)29-9-10-32-21-6-4-14(11-20(21)29)19-12-17-15(13-27-19)3-5-16-23-18(28-24(16)17)7-8-26-25(23)31/h2,4,6,11-13,28H,1,3,5,7-10H2,(H,26,31). The highest BCUT2D eigenvalue weighted by molar-refractivity contribution is 6.03. The lowest BCUT2D eigenvalue weighted by molar-refractivity contribution is -0.114. The van der Waals surface area contributed by atoms with E-state index in [-0.39, 0.29) is 11.8 Å². The van der Waals surface area contributed by atoms with Crippen molar-refractivity contribution in [1.29, 1.82) is 0 Å². The summed E-state index contributed by atoms with van der Waals surface area (Å²) in [6, 6.07) is 7.88. The lowest BCUT2D eigenvalue weighted by Gasteiger charge is -2.29. The number of H-pyrrole nitrogens is 1. The molecular formula is C25H22N4O3. The van der Waals surface area contributed by atoms with Crippen molar-refractivity contribution >= 4 is 17.5 Å². The number of benzene rings is 1. The van der Waals surface area contributed by atoms with E-state index in [2.05, 4.69) is 22.9 Å². The number of nitrogens with one attached hydrogen (secondary N) is 2. The average molecular weight is 426 g/mol. The van der Waals surface area contributed by atoms with E-state index >= 15 is 0 Å². The number of rotatable bonds is 2. The van der Waals surface area contributed by atoms with Crippen LogP contribution < -0.4 is 15.0 Å². The molecule has 7 heteroatoms. The molecule has 7 nitrogen and oxygen atoms in total. The Balaban J connectivity index is 1.45. The molecule has 3 aromatic rings. The normalized spacial score (nSPS) is 16.1. The fourth-order valence-electron chi connectivity index (χ4n) is 4.98. The number of nitrogens with zero attached hydrogens (tertiary/aromatic N) is 2. The number of hydrogen-bond acceptors (Lipinski definition) is 4. The highest BCUT2D eigenvalue weighted by Gasteiger charge is 2.30. The Morgan fingerprint density at radius 2 is 2.12 bits per heavy atom.